The third-order valence-electron chi connectivity index (χ3n) is 3.33. The van der Waals surface area contributed by atoms with Crippen molar-refractivity contribution in [3.05, 3.63) is 72.2 Å². The Morgan fingerprint density at radius 1 is 0.960 bits per heavy atom. The number of alkyl halides is 3. The zero-order valence-electron chi connectivity index (χ0n) is 13.0. The Hall–Kier alpha value is -3.16. The molecule has 0 aliphatic carbocycles. The van der Waals surface area contributed by atoms with Gasteiger partial charge in [0.25, 0.3) is 0 Å². The van der Waals surface area contributed by atoms with Crippen molar-refractivity contribution in [2.45, 2.75) is 12.7 Å². The molecular weight excluding hydrogens is 331 g/mol. The van der Waals surface area contributed by atoms with Crippen LogP contribution in [0.3, 0.4) is 0 Å². The predicted octanol–water partition coefficient (Wildman–Crippen LogP) is 4.25. The van der Waals surface area contributed by atoms with Crippen LogP contribution in [0.15, 0.2) is 61.1 Å². The van der Waals surface area contributed by atoms with Gasteiger partial charge >= 0.3 is 6.18 Å². The van der Waals surface area contributed by atoms with E-state index in [-0.39, 0.29) is 11.6 Å². The Morgan fingerprint density at radius 2 is 1.80 bits per heavy atom. The van der Waals surface area contributed by atoms with Gasteiger partial charge in [0, 0.05) is 25.1 Å². The zero-order valence-corrected chi connectivity index (χ0v) is 13.0. The van der Waals surface area contributed by atoms with Gasteiger partial charge in [-0.05, 0) is 29.8 Å². The van der Waals surface area contributed by atoms with Crippen molar-refractivity contribution < 1.29 is 13.2 Å². The summed E-state index contributed by atoms with van der Waals surface area (Å²) in [7, 11) is 0. The van der Waals surface area contributed by atoms with Crippen molar-refractivity contribution in [1.29, 1.82) is 0 Å². The fourth-order valence-corrected chi connectivity index (χ4v) is 2.17. The van der Waals surface area contributed by atoms with E-state index in [1.165, 1.54) is 24.4 Å². The monoisotopic (exact) mass is 345 g/mol. The van der Waals surface area contributed by atoms with Gasteiger partial charge in [-0.1, -0.05) is 18.2 Å². The van der Waals surface area contributed by atoms with Gasteiger partial charge in [-0.15, -0.1) is 0 Å². The summed E-state index contributed by atoms with van der Waals surface area (Å²) >= 11 is 0. The summed E-state index contributed by atoms with van der Waals surface area (Å²) in [5, 5.41) is 5.70. The van der Waals surface area contributed by atoms with Gasteiger partial charge in [-0.3, -0.25) is 4.98 Å². The second kappa shape index (κ2) is 7.16. The van der Waals surface area contributed by atoms with E-state index < -0.39 is 11.7 Å². The highest BCUT2D eigenvalue weighted by atomic mass is 19.4. The number of pyridine rings is 1. The van der Waals surface area contributed by atoms with Gasteiger partial charge in [-0.2, -0.15) is 18.2 Å². The minimum atomic E-state index is -4.46. The predicted molar refractivity (Wildman–Crippen MR) is 88.3 cm³/mol. The Balaban J connectivity index is 1.74. The molecule has 25 heavy (non-hydrogen) atoms. The summed E-state index contributed by atoms with van der Waals surface area (Å²) in [6.07, 6.45) is 0.401. The molecule has 0 aliphatic rings. The van der Waals surface area contributed by atoms with E-state index in [9.17, 15) is 13.2 Å². The molecule has 3 aromatic rings. The molecule has 0 saturated carbocycles. The van der Waals surface area contributed by atoms with E-state index in [1.807, 2.05) is 12.1 Å². The second-order valence-electron chi connectivity index (χ2n) is 5.15. The van der Waals surface area contributed by atoms with Crippen molar-refractivity contribution in [1.82, 2.24) is 15.0 Å². The summed E-state index contributed by atoms with van der Waals surface area (Å²) < 4.78 is 39.1. The summed E-state index contributed by atoms with van der Waals surface area (Å²) in [5.74, 6) is 0.568. The van der Waals surface area contributed by atoms with Crippen LogP contribution in [0.2, 0.25) is 0 Å². The molecule has 0 amide bonds. The molecule has 5 nitrogen and oxygen atoms in total. The lowest BCUT2D eigenvalue weighted by Gasteiger charge is -2.14. The Kier molecular flexibility index (Phi) is 4.78. The number of anilines is 3. The van der Waals surface area contributed by atoms with Crippen LogP contribution in [0.5, 0.6) is 0 Å². The van der Waals surface area contributed by atoms with E-state index in [2.05, 4.69) is 25.6 Å². The molecule has 1 aromatic carbocycles. The number of hydrogen-bond acceptors (Lipinski definition) is 5. The summed E-state index contributed by atoms with van der Waals surface area (Å²) in [5.41, 5.74) is 0.0878. The molecule has 2 heterocycles. The number of benzene rings is 1. The van der Waals surface area contributed by atoms with Gasteiger partial charge in [-0.25, -0.2) is 4.98 Å². The summed E-state index contributed by atoms with van der Waals surface area (Å²) in [6, 6.07) is 10.5. The SMILES string of the molecule is FC(F)(F)c1ccccc1Nc1nccc(NCc2cccnc2)n1. The molecule has 0 saturated heterocycles. The fraction of sp³-hybridized carbons (Fsp3) is 0.118. The third kappa shape index (κ3) is 4.43. The van der Waals surface area contributed by atoms with E-state index in [4.69, 9.17) is 0 Å². The third-order valence-corrected chi connectivity index (χ3v) is 3.33. The Bertz CT molecular complexity index is 837. The van der Waals surface area contributed by atoms with Gasteiger partial charge in [0.1, 0.15) is 5.82 Å². The first-order valence-electron chi connectivity index (χ1n) is 7.41. The van der Waals surface area contributed by atoms with E-state index in [0.717, 1.165) is 11.6 Å². The second-order valence-corrected chi connectivity index (χ2v) is 5.15. The Labute approximate surface area is 142 Å². The number of hydrogen-bond donors (Lipinski definition) is 2. The highest BCUT2D eigenvalue weighted by Crippen LogP contribution is 2.35. The topological polar surface area (TPSA) is 62.7 Å². The molecule has 0 atom stereocenters. The number of halogens is 3. The van der Waals surface area contributed by atoms with Crippen molar-refractivity contribution in [2.24, 2.45) is 0 Å². The maximum atomic E-state index is 13.0. The average molecular weight is 345 g/mol. The van der Waals surface area contributed by atoms with Crippen LogP contribution < -0.4 is 10.6 Å². The fourth-order valence-electron chi connectivity index (χ4n) is 2.17. The zero-order chi connectivity index (χ0) is 17.7. The molecule has 0 bridgehead atoms. The molecule has 2 aromatic heterocycles. The van der Waals surface area contributed by atoms with Gasteiger partial charge in [0.2, 0.25) is 5.95 Å². The minimum Gasteiger partial charge on any atom is -0.366 e. The van der Waals surface area contributed by atoms with Crippen LogP contribution in [-0.2, 0) is 12.7 Å². The molecule has 3 rings (SSSR count). The molecule has 0 aliphatic heterocycles. The maximum absolute atomic E-state index is 13.0. The number of rotatable bonds is 5. The Morgan fingerprint density at radius 3 is 2.56 bits per heavy atom. The van der Waals surface area contributed by atoms with Crippen LogP contribution in [0.4, 0.5) is 30.6 Å². The normalized spacial score (nSPS) is 11.2. The first-order valence-corrected chi connectivity index (χ1v) is 7.41. The standard InChI is InChI=1S/C17H14F3N5/c18-17(19,20)13-5-1-2-6-14(13)24-16-22-9-7-15(25-16)23-11-12-4-3-8-21-10-12/h1-10H,11H2,(H2,22,23,24,25). The molecule has 0 spiro atoms. The maximum Gasteiger partial charge on any atom is 0.418 e. The molecule has 8 heteroatoms. The van der Waals surface area contributed by atoms with Gasteiger partial charge in [0.05, 0.1) is 11.3 Å². The van der Waals surface area contributed by atoms with Crippen LogP contribution in [0.1, 0.15) is 11.1 Å². The number of nitrogens with zero attached hydrogens (tertiary/aromatic N) is 3. The summed E-state index contributed by atoms with van der Waals surface area (Å²) in [4.78, 5) is 12.2. The largest absolute Gasteiger partial charge is 0.418 e. The molecule has 0 radical (unpaired) electrons. The average Bonchev–Trinajstić information content (AvgIpc) is 2.61. The first-order chi connectivity index (χ1) is 12.0. The van der Waals surface area contributed by atoms with Crippen LogP contribution in [0, 0.1) is 0 Å². The van der Waals surface area contributed by atoms with Crippen LogP contribution in [-0.4, -0.2) is 15.0 Å². The van der Waals surface area contributed by atoms with Crippen molar-refractivity contribution in [2.75, 3.05) is 10.6 Å². The highest BCUT2D eigenvalue weighted by Gasteiger charge is 2.33. The smallest absolute Gasteiger partial charge is 0.366 e. The molecule has 0 fully saturated rings. The summed E-state index contributed by atoms with van der Waals surface area (Å²) in [6.45, 7) is 0.490. The molecule has 0 unspecified atom stereocenters. The van der Waals surface area contributed by atoms with E-state index in [1.54, 1.807) is 18.5 Å². The van der Waals surface area contributed by atoms with Gasteiger partial charge in [0.15, 0.2) is 0 Å². The molecular formula is C17H14F3N5. The van der Waals surface area contributed by atoms with Crippen molar-refractivity contribution >= 4 is 17.5 Å². The van der Waals surface area contributed by atoms with Crippen LogP contribution in [0.25, 0.3) is 0 Å². The molecule has 2 N–H and O–H groups in total. The number of aromatic nitrogens is 3. The number of para-hydroxylation sites is 1. The van der Waals surface area contributed by atoms with E-state index >= 15 is 0 Å². The van der Waals surface area contributed by atoms with Crippen molar-refractivity contribution in [3.63, 3.8) is 0 Å². The lowest BCUT2D eigenvalue weighted by molar-refractivity contribution is -0.136. The van der Waals surface area contributed by atoms with Crippen molar-refractivity contribution in [3.8, 4) is 0 Å². The minimum absolute atomic E-state index is 0.0767. The highest BCUT2D eigenvalue weighted by molar-refractivity contribution is 5.60. The lowest BCUT2D eigenvalue weighted by Crippen LogP contribution is -2.10. The van der Waals surface area contributed by atoms with E-state index in [0.29, 0.717) is 12.4 Å². The first kappa shape index (κ1) is 16.7. The van der Waals surface area contributed by atoms with Gasteiger partial charge < -0.3 is 10.6 Å². The lowest BCUT2D eigenvalue weighted by atomic mass is 10.1. The number of nitrogens with one attached hydrogen (secondary N) is 2. The van der Waals surface area contributed by atoms with Crippen LogP contribution >= 0.6 is 0 Å². The molecule has 128 valence electrons. The quantitative estimate of drug-likeness (QED) is 0.724.